The number of rotatable bonds is 6. The fourth-order valence-corrected chi connectivity index (χ4v) is 4.04. The number of thiophene rings is 1. The molecule has 0 amide bonds. The first kappa shape index (κ1) is 18.0. The van der Waals surface area contributed by atoms with E-state index >= 15 is 0 Å². The second-order valence-corrected chi connectivity index (χ2v) is 6.96. The highest BCUT2D eigenvalue weighted by Crippen LogP contribution is 2.34. The Bertz CT molecular complexity index is 756. The topological polar surface area (TPSA) is 76.6 Å². The minimum atomic E-state index is -0.292. The Morgan fingerprint density at radius 1 is 1.32 bits per heavy atom. The fourth-order valence-electron chi connectivity index (χ4n) is 2.92. The fraction of sp³-hybridized carbons (Fsp3) is 0.588. The van der Waals surface area contributed by atoms with E-state index in [9.17, 15) is 4.79 Å². The van der Waals surface area contributed by atoms with Crippen molar-refractivity contribution in [2.75, 3.05) is 51.3 Å². The molecule has 0 atom stereocenters. The molecule has 1 aliphatic rings. The van der Waals surface area contributed by atoms with Crippen LogP contribution in [0.2, 0.25) is 0 Å². The molecular weight excluding hydrogens is 340 g/mol. The van der Waals surface area contributed by atoms with Gasteiger partial charge in [0.2, 0.25) is 0 Å². The average Bonchev–Trinajstić information content (AvgIpc) is 2.92. The number of aryl methyl sites for hydroxylation is 2. The van der Waals surface area contributed by atoms with Crippen molar-refractivity contribution in [1.82, 2.24) is 14.9 Å². The molecule has 0 aliphatic carbocycles. The maximum atomic E-state index is 12.2. The molecule has 1 fully saturated rings. The van der Waals surface area contributed by atoms with Crippen LogP contribution in [0.15, 0.2) is 0 Å². The Balaban J connectivity index is 1.80. The van der Waals surface area contributed by atoms with E-state index in [0.29, 0.717) is 17.3 Å². The van der Waals surface area contributed by atoms with Gasteiger partial charge in [0, 0.05) is 26.2 Å². The minimum Gasteiger partial charge on any atom is -0.462 e. The van der Waals surface area contributed by atoms with E-state index in [4.69, 9.17) is 9.47 Å². The van der Waals surface area contributed by atoms with Gasteiger partial charge >= 0.3 is 5.97 Å². The Kier molecular flexibility index (Phi) is 5.82. The maximum Gasteiger partial charge on any atom is 0.348 e. The van der Waals surface area contributed by atoms with Crippen molar-refractivity contribution in [3.05, 3.63) is 16.3 Å². The highest BCUT2D eigenvalue weighted by molar-refractivity contribution is 7.20. The highest BCUT2D eigenvalue weighted by atomic mass is 32.1. The van der Waals surface area contributed by atoms with Gasteiger partial charge in [0.1, 0.15) is 21.3 Å². The number of nitrogens with zero attached hydrogens (tertiary/aromatic N) is 3. The highest BCUT2D eigenvalue weighted by Gasteiger charge is 2.21. The first-order chi connectivity index (χ1) is 12.1. The molecule has 0 bridgehead atoms. The lowest BCUT2D eigenvalue weighted by Crippen LogP contribution is -2.39. The normalized spacial score (nSPS) is 15.5. The van der Waals surface area contributed by atoms with Gasteiger partial charge in [-0.1, -0.05) is 0 Å². The summed E-state index contributed by atoms with van der Waals surface area (Å²) in [5.41, 5.74) is 0.882. The Morgan fingerprint density at radius 3 is 2.80 bits per heavy atom. The zero-order valence-electron chi connectivity index (χ0n) is 14.9. The monoisotopic (exact) mass is 364 g/mol. The van der Waals surface area contributed by atoms with E-state index in [2.05, 4.69) is 20.2 Å². The first-order valence-corrected chi connectivity index (χ1v) is 9.40. The number of ether oxygens (including phenoxy) is 2. The van der Waals surface area contributed by atoms with Crippen LogP contribution in [0.25, 0.3) is 10.2 Å². The second kappa shape index (κ2) is 8.07. The van der Waals surface area contributed by atoms with Gasteiger partial charge in [-0.3, -0.25) is 4.90 Å². The van der Waals surface area contributed by atoms with Crippen LogP contribution in [0.4, 0.5) is 5.82 Å². The third kappa shape index (κ3) is 4.08. The Hall–Kier alpha value is -1.77. The van der Waals surface area contributed by atoms with Gasteiger partial charge in [0.05, 0.1) is 25.2 Å². The number of carbonyl (C=O) groups is 1. The summed E-state index contributed by atoms with van der Waals surface area (Å²) in [5, 5.41) is 4.34. The van der Waals surface area contributed by atoms with Crippen LogP contribution in [-0.4, -0.2) is 66.8 Å². The van der Waals surface area contributed by atoms with Crippen molar-refractivity contribution >= 4 is 33.3 Å². The molecule has 0 saturated carbocycles. The van der Waals surface area contributed by atoms with Crippen molar-refractivity contribution in [1.29, 1.82) is 0 Å². The van der Waals surface area contributed by atoms with Gasteiger partial charge in [-0.25, -0.2) is 14.8 Å². The van der Waals surface area contributed by atoms with Gasteiger partial charge in [0.25, 0.3) is 0 Å². The molecule has 0 unspecified atom stereocenters. The predicted octanol–water partition coefficient (Wildman–Crippen LogP) is 2.23. The molecule has 2 aromatic rings. The summed E-state index contributed by atoms with van der Waals surface area (Å²) in [4.78, 5) is 25.0. The molecule has 2 aromatic heterocycles. The SMILES string of the molecule is CCOC(=O)c1sc2nc(C)nc(NCCN3CCOCC3)c2c1C. The number of morpholine rings is 1. The molecule has 3 rings (SSSR count). The Labute approximate surface area is 151 Å². The summed E-state index contributed by atoms with van der Waals surface area (Å²) in [6, 6.07) is 0. The molecule has 136 valence electrons. The molecule has 3 heterocycles. The smallest absolute Gasteiger partial charge is 0.348 e. The van der Waals surface area contributed by atoms with E-state index in [1.165, 1.54) is 11.3 Å². The van der Waals surface area contributed by atoms with E-state index in [0.717, 1.165) is 61.0 Å². The van der Waals surface area contributed by atoms with Crippen molar-refractivity contribution in [3.63, 3.8) is 0 Å². The van der Waals surface area contributed by atoms with Crippen LogP contribution < -0.4 is 5.32 Å². The quantitative estimate of drug-likeness (QED) is 0.788. The number of hydrogen-bond acceptors (Lipinski definition) is 8. The van der Waals surface area contributed by atoms with Crippen molar-refractivity contribution < 1.29 is 14.3 Å². The third-order valence-electron chi connectivity index (χ3n) is 4.19. The maximum absolute atomic E-state index is 12.2. The number of hydrogen-bond donors (Lipinski definition) is 1. The third-order valence-corrected chi connectivity index (χ3v) is 5.35. The number of nitrogens with one attached hydrogen (secondary N) is 1. The van der Waals surface area contributed by atoms with Crippen LogP contribution in [0, 0.1) is 13.8 Å². The summed E-state index contributed by atoms with van der Waals surface area (Å²) in [5.74, 6) is 1.19. The molecule has 25 heavy (non-hydrogen) atoms. The lowest BCUT2D eigenvalue weighted by Gasteiger charge is -2.26. The van der Waals surface area contributed by atoms with Crippen LogP contribution in [-0.2, 0) is 9.47 Å². The number of carbonyl (C=O) groups excluding carboxylic acids is 1. The van der Waals surface area contributed by atoms with Crippen LogP contribution in [0.3, 0.4) is 0 Å². The van der Waals surface area contributed by atoms with Crippen molar-refractivity contribution in [2.45, 2.75) is 20.8 Å². The standard InChI is InChI=1S/C17H24N4O3S/c1-4-24-17(22)14-11(2)13-15(19-12(3)20-16(13)25-14)18-5-6-21-7-9-23-10-8-21/h4-10H2,1-3H3,(H,18,19,20). The summed E-state index contributed by atoms with van der Waals surface area (Å²) >= 11 is 1.37. The van der Waals surface area contributed by atoms with Gasteiger partial charge in [-0.15, -0.1) is 11.3 Å². The molecule has 0 spiro atoms. The molecule has 1 N–H and O–H groups in total. The van der Waals surface area contributed by atoms with Gasteiger partial charge in [-0.05, 0) is 26.3 Å². The van der Waals surface area contributed by atoms with E-state index in [-0.39, 0.29) is 5.97 Å². The molecule has 1 saturated heterocycles. The minimum absolute atomic E-state index is 0.292. The molecule has 0 radical (unpaired) electrons. The molecular formula is C17H24N4O3S. The van der Waals surface area contributed by atoms with Crippen molar-refractivity contribution in [3.8, 4) is 0 Å². The van der Waals surface area contributed by atoms with Crippen molar-refractivity contribution in [2.24, 2.45) is 0 Å². The van der Waals surface area contributed by atoms with E-state index in [1.807, 2.05) is 20.8 Å². The van der Waals surface area contributed by atoms with Gasteiger partial charge < -0.3 is 14.8 Å². The number of aromatic nitrogens is 2. The zero-order chi connectivity index (χ0) is 17.8. The van der Waals surface area contributed by atoms with Crippen LogP contribution in [0.5, 0.6) is 0 Å². The van der Waals surface area contributed by atoms with Gasteiger partial charge in [-0.2, -0.15) is 0 Å². The van der Waals surface area contributed by atoms with E-state index < -0.39 is 0 Å². The number of fused-ring (bicyclic) bond motifs is 1. The molecule has 0 aromatic carbocycles. The second-order valence-electron chi connectivity index (χ2n) is 5.96. The largest absolute Gasteiger partial charge is 0.462 e. The molecule has 8 heteroatoms. The van der Waals surface area contributed by atoms with Gasteiger partial charge in [0.15, 0.2) is 0 Å². The summed E-state index contributed by atoms with van der Waals surface area (Å²) < 4.78 is 10.5. The Morgan fingerprint density at radius 2 is 2.08 bits per heavy atom. The van der Waals surface area contributed by atoms with Crippen LogP contribution in [0.1, 0.15) is 28.0 Å². The lowest BCUT2D eigenvalue weighted by molar-refractivity contribution is 0.0398. The summed E-state index contributed by atoms with van der Waals surface area (Å²) in [6.07, 6.45) is 0. The zero-order valence-corrected chi connectivity index (χ0v) is 15.7. The number of anilines is 1. The predicted molar refractivity (Wildman–Crippen MR) is 98.6 cm³/mol. The summed E-state index contributed by atoms with van der Waals surface area (Å²) in [7, 11) is 0. The van der Waals surface area contributed by atoms with E-state index in [1.54, 1.807) is 0 Å². The number of esters is 1. The average molecular weight is 364 g/mol. The molecule has 7 nitrogen and oxygen atoms in total. The molecule has 1 aliphatic heterocycles. The first-order valence-electron chi connectivity index (χ1n) is 8.59. The van der Waals surface area contributed by atoms with Crippen LogP contribution >= 0.6 is 11.3 Å². The summed E-state index contributed by atoms with van der Waals surface area (Å²) in [6.45, 7) is 11.2. The lowest BCUT2D eigenvalue weighted by atomic mass is 10.2.